The van der Waals surface area contributed by atoms with Crippen molar-refractivity contribution in [2.75, 3.05) is 38.5 Å². The van der Waals surface area contributed by atoms with Gasteiger partial charge in [0.05, 0.1) is 5.69 Å². The van der Waals surface area contributed by atoms with Gasteiger partial charge in [0.2, 0.25) is 17.7 Å². The molecule has 11 nitrogen and oxygen atoms in total. The molecular weight excluding hydrogens is 601 g/mol. The summed E-state index contributed by atoms with van der Waals surface area (Å²) in [6.45, 7) is 9.02. The molecule has 0 bridgehead atoms. The zero-order valence-electron chi connectivity index (χ0n) is 28.1. The van der Waals surface area contributed by atoms with Crippen LogP contribution < -0.4 is 16.0 Å². The van der Waals surface area contributed by atoms with E-state index in [1.807, 2.05) is 20.9 Å². The average Bonchev–Trinajstić information content (AvgIpc) is 3.74. The van der Waals surface area contributed by atoms with Crippen LogP contribution in [0.25, 0.3) is 0 Å². The van der Waals surface area contributed by atoms with Gasteiger partial charge in [-0.2, -0.15) is 5.10 Å². The van der Waals surface area contributed by atoms with Crippen LogP contribution >= 0.6 is 0 Å². The maximum atomic E-state index is 15.7. The number of aromatic nitrogens is 2. The van der Waals surface area contributed by atoms with Crippen molar-refractivity contribution in [1.29, 1.82) is 0 Å². The number of benzene rings is 1. The van der Waals surface area contributed by atoms with Crippen LogP contribution in [0.1, 0.15) is 87.7 Å². The highest BCUT2D eigenvalue weighted by atomic mass is 19.1. The zero-order chi connectivity index (χ0) is 33.7. The second-order valence-corrected chi connectivity index (χ2v) is 13.8. The van der Waals surface area contributed by atoms with E-state index in [-0.39, 0.29) is 23.4 Å². The van der Waals surface area contributed by atoms with Gasteiger partial charge in [-0.1, -0.05) is 32.8 Å². The number of nitrogens with zero attached hydrogens (tertiary/aromatic N) is 4. The highest BCUT2D eigenvalue weighted by Gasteiger charge is 2.36. The Balaban J connectivity index is 1.31. The molecule has 2 aliphatic carbocycles. The molecule has 3 aliphatic rings. The molecule has 0 radical (unpaired) electrons. The molecule has 47 heavy (non-hydrogen) atoms. The number of halogens is 1. The van der Waals surface area contributed by atoms with Gasteiger partial charge in [0.25, 0.3) is 5.91 Å². The van der Waals surface area contributed by atoms with Gasteiger partial charge < -0.3 is 25.8 Å². The minimum Gasteiger partial charge on any atom is -0.344 e. The van der Waals surface area contributed by atoms with Crippen molar-refractivity contribution in [2.45, 2.75) is 90.3 Å². The third-order valence-electron chi connectivity index (χ3n) is 10.2. The van der Waals surface area contributed by atoms with Crippen molar-refractivity contribution in [3.63, 3.8) is 0 Å². The number of aryl methyl sites for hydroxylation is 1. The molecule has 256 valence electrons. The molecule has 3 fully saturated rings. The zero-order valence-corrected chi connectivity index (χ0v) is 28.1. The average molecular weight is 652 g/mol. The summed E-state index contributed by atoms with van der Waals surface area (Å²) in [6.07, 6.45) is 7.43. The Hall–Kier alpha value is -3.80. The third kappa shape index (κ3) is 8.77. The fourth-order valence-corrected chi connectivity index (χ4v) is 6.77. The van der Waals surface area contributed by atoms with Crippen LogP contribution in [0, 0.1) is 23.6 Å². The summed E-state index contributed by atoms with van der Waals surface area (Å²) in [7, 11) is 2.01. The lowest BCUT2D eigenvalue weighted by Crippen LogP contribution is -2.55. The van der Waals surface area contributed by atoms with Gasteiger partial charge in [-0.3, -0.25) is 23.9 Å². The molecule has 0 spiro atoms. The molecule has 1 aromatic heterocycles. The maximum Gasteiger partial charge on any atom is 0.270 e. The first kappa shape index (κ1) is 34.5. The number of carbonyl (C=O) groups excluding carboxylic acids is 4. The largest absolute Gasteiger partial charge is 0.344 e. The van der Waals surface area contributed by atoms with Gasteiger partial charge in [-0.25, -0.2) is 4.39 Å². The number of anilines is 1. The number of piperazine rings is 1. The van der Waals surface area contributed by atoms with E-state index in [1.165, 1.54) is 12.1 Å². The highest BCUT2D eigenvalue weighted by Crippen LogP contribution is 2.33. The first-order chi connectivity index (χ1) is 22.5. The lowest BCUT2D eigenvalue weighted by Gasteiger charge is -2.36. The van der Waals surface area contributed by atoms with E-state index >= 15 is 4.39 Å². The van der Waals surface area contributed by atoms with Crippen LogP contribution in [-0.2, 0) is 20.9 Å². The predicted octanol–water partition coefficient (Wildman–Crippen LogP) is 3.77. The third-order valence-corrected chi connectivity index (χ3v) is 10.2. The van der Waals surface area contributed by atoms with Crippen molar-refractivity contribution >= 4 is 29.3 Å². The van der Waals surface area contributed by atoms with Gasteiger partial charge in [0, 0.05) is 51.3 Å². The van der Waals surface area contributed by atoms with E-state index < -0.39 is 35.6 Å². The number of rotatable bonds is 12. The SMILES string of the molecule is CCn1nccc1C(=O)N[C@H](C(=O)Nc1ccc([C@H](C)[C@@H](NC(=O)CC2CC2)C(=O)N2CCN(C)CC2)cc1F)C1CCC(C)CC1. The van der Waals surface area contributed by atoms with E-state index in [0.29, 0.717) is 49.1 Å². The molecule has 4 amide bonds. The molecule has 1 aliphatic heterocycles. The van der Waals surface area contributed by atoms with Gasteiger partial charge in [-0.05, 0) is 81.2 Å². The van der Waals surface area contributed by atoms with Crippen LogP contribution in [0.15, 0.2) is 30.5 Å². The fourth-order valence-electron chi connectivity index (χ4n) is 6.77. The number of nitrogens with one attached hydrogen (secondary N) is 3. The number of hydrogen-bond acceptors (Lipinski definition) is 6. The van der Waals surface area contributed by atoms with Crippen molar-refractivity contribution in [3.8, 4) is 0 Å². The van der Waals surface area contributed by atoms with Crippen molar-refractivity contribution in [2.24, 2.45) is 17.8 Å². The topological polar surface area (TPSA) is 129 Å². The number of likely N-dealkylation sites (N-methyl/N-ethyl adjacent to an activating group) is 1. The molecule has 2 saturated carbocycles. The first-order valence-electron chi connectivity index (χ1n) is 17.2. The van der Waals surface area contributed by atoms with E-state index in [4.69, 9.17) is 0 Å². The smallest absolute Gasteiger partial charge is 0.270 e. The van der Waals surface area contributed by atoms with Crippen molar-refractivity contribution in [1.82, 2.24) is 30.2 Å². The summed E-state index contributed by atoms with van der Waals surface area (Å²) in [4.78, 5) is 57.5. The molecular formula is C35H50FN7O4. The standard InChI is InChI=1S/C35H50FN7O4/c1-5-43-29(14-15-37-43)33(45)40-32(25-10-6-22(2)7-11-25)34(46)38-28-13-12-26(21-27(28)36)23(3)31(39-30(44)20-24-8-9-24)35(47)42-18-16-41(4)17-19-42/h12-15,21-25,31-32H,5-11,16-20H2,1-4H3,(H,38,46)(H,39,44)(H,40,45)/t22?,23-,25?,31+,32-/m0/s1. The Bertz CT molecular complexity index is 1430. The lowest BCUT2D eigenvalue weighted by molar-refractivity contribution is -0.138. The van der Waals surface area contributed by atoms with Crippen LogP contribution in [0.3, 0.4) is 0 Å². The quantitative estimate of drug-likeness (QED) is 0.321. The Morgan fingerprint density at radius 1 is 0.979 bits per heavy atom. The second kappa shape index (κ2) is 15.4. The first-order valence-corrected chi connectivity index (χ1v) is 17.2. The Morgan fingerprint density at radius 3 is 2.32 bits per heavy atom. The van der Waals surface area contributed by atoms with Gasteiger partial charge in [-0.15, -0.1) is 0 Å². The van der Waals surface area contributed by atoms with E-state index in [2.05, 4.69) is 32.9 Å². The summed E-state index contributed by atoms with van der Waals surface area (Å²) >= 11 is 0. The van der Waals surface area contributed by atoms with Crippen molar-refractivity contribution in [3.05, 3.63) is 47.5 Å². The number of amides is 4. The Morgan fingerprint density at radius 2 is 1.68 bits per heavy atom. The summed E-state index contributed by atoms with van der Waals surface area (Å²) in [5.41, 5.74) is 0.898. The summed E-state index contributed by atoms with van der Waals surface area (Å²) in [6, 6.07) is 4.45. The number of hydrogen-bond donors (Lipinski definition) is 3. The predicted molar refractivity (Wildman–Crippen MR) is 177 cm³/mol. The molecule has 1 saturated heterocycles. The van der Waals surface area contributed by atoms with Crippen LogP contribution in [0.2, 0.25) is 0 Å². The minimum atomic E-state index is -0.847. The molecule has 5 rings (SSSR count). The Labute approximate surface area is 277 Å². The van der Waals surface area contributed by atoms with Crippen LogP contribution in [-0.4, -0.2) is 88.5 Å². The normalized spacial score (nSPS) is 22.2. The maximum absolute atomic E-state index is 15.7. The van der Waals surface area contributed by atoms with E-state index in [9.17, 15) is 19.2 Å². The highest BCUT2D eigenvalue weighted by molar-refractivity contribution is 6.00. The Kier molecular flexibility index (Phi) is 11.3. The van der Waals surface area contributed by atoms with Crippen LogP contribution in [0.4, 0.5) is 10.1 Å². The molecule has 2 aromatic rings. The molecule has 3 atom stereocenters. The van der Waals surface area contributed by atoms with Gasteiger partial charge in [0.1, 0.15) is 23.6 Å². The molecule has 3 N–H and O–H groups in total. The number of carbonyl (C=O) groups is 4. The second-order valence-electron chi connectivity index (χ2n) is 13.8. The molecule has 0 unspecified atom stereocenters. The van der Waals surface area contributed by atoms with Crippen molar-refractivity contribution < 1.29 is 23.6 Å². The fraction of sp³-hybridized carbons (Fsp3) is 0.629. The lowest BCUT2D eigenvalue weighted by atomic mass is 9.79. The summed E-state index contributed by atoms with van der Waals surface area (Å²) in [5.74, 6) is -1.54. The molecule has 1 aromatic carbocycles. The summed E-state index contributed by atoms with van der Waals surface area (Å²) in [5, 5.41) is 12.8. The van der Waals surface area contributed by atoms with E-state index in [0.717, 1.165) is 51.6 Å². The molecule has 12 heteroatoms. The molecule has 2 heterocycles. The van der Waals surface area contributed by atoms with Crippen LogP contribution in [0.5, 0.6) is 0 Å². The van der Waals surface area contributed by atoms with Gasteiger partial charge in [0.15, 0.2) is 0 Å². The minimum absolute atomic E-state index is 0.00677. The van der Waals surface area contributed by atoms with Gasteiger partial charge >= 0.3 is 0 Å². The van der Waals surface area contributed by atoms with E-state index in [1.54, 1.807) is 27.9 Å². The monoisotopic (exact) mass is 651 g/mol. The summed E-state index contributed by atoms with van der Waals surface area (Å²) < 4.78 is 17.3.